The van der Waals surface area contributed by atoms with Crippen LogP contribution in [0, 0.1) is 0 Å². The summed E-state index contributed by atoms with van der Waals surface area (Å²) in [5.74, 6) is -0.300. The number of amides is 1. The van der Waals surface area contributed by atoms with Crippen molar-refractivity contribution in [1.29, 1.82) is 0 Å². The van der Waals surface area contributed by atoms with Gasteiger partial charge in [0.05, 0.1) is 17.7 Å². The van der Waals surface area contributed by atoms with E-state index in [0.29, 0.717) is 17.5 Å². The number of phenols is 1. The van der Waals surface area contributed by atoms with Crippen LogP contribution in [-0.2, 0) is 4.74 Å². The smallest absolute Gasteiger partial charge is 0.251 e. The number of methoxy groups -OCH3 is 1. The Bertz CT molecular complexity index is 400. The molecule has 1 amide bonds. The van der Waals surface area contributed by atoms with Gasteiger partial charge in [0.15, 0.2) is 0 Å². The largest absolute Gasteiger partial charge is 0.506 e. The molecule has 1 atom stereocenters. The Morgan fingerprint density at radius 3 is 2.88 bits per heavy atom. The lowest BCUT2D eigenvalue weighted by atomic mass is 10.2. The molecule has 6 heteroatoms. The zero-order chi connectivity index (χ0) is 12.8. The van der Waals surface area contributed by atoms with Gasteiger partial charge in [-0.15, -0.1) is 0 Å². The highest BCUT2D eigenvalue weighted by Crippen LogP contribution is 2.23. The number of ether oxygens (including phenoxy) is 1. The van der Waals surface area contributed by atoms with Gasteiger partial charge in [-0.3, -0.25) is 4.79 Å². The van der Waals surface area contributed by atoms with Gasteiger partial charge in [-0.05, 0) is 18.2 Å². The van der Waals surface area contributed by atoms with Gasteiger partial charge in [0.25, 0.3) is 5.91 Å². The molecule has 0 radical (unpaired) electrons. The zero-order valence-corrected chi connectivity index (χ0v) is 11.6. The number of aromatic hydroxyl groups is 1. The van der Waals surface area contributed by atoms with E-state index in [0.717, 1.165) is 0 Å². The second-order valence-electron chi connectivity index (χ2n) is 3.45. The Balaban J connectivity index is 2.72. The molecule has 0 aliphatic carbocycles. The van der Waals surface area contributed by atoms with Gasteiger partial charge in [0.1, 0.15) is 5.75 Å². The molecule has 0 aliphatic rings. The van der Waals surface area contributed by atoms with Crippen molar-refractivity contribution in [2.24, 2.45) is 0 Å². The van der Waals surface area contributed by atoms with Crippen molar-refractivity contribution in [1.82, 2.24) is 5.32 Å². The lowest BCUT2D eigenvalue weighted by molar-refractivity contribution is 0.0908. The minimum Gasteiger partial charge on any atom is -0.506 e. The lowest BCUT2D eigenvalue weighted by Crippen LogP contribution is -2.39. The van der Waals surface area contributed by atoms with Crippen LogP contribution in [0.1, 0.15) is 10.4 Å². The Morgan fingerprint density at radius 2 is 2.35 bits per heavy atom. The second-order valence-corrected chi connectivity index (χ2v) is 4.50. The first-order valence-corrected chi connectivity index (χ1v) is 6.42. The van der Waals surface area contributed by atoms with Crippen molar-refractivity contribution in [3.05, 3.63) is 28.8 Å². The molecule has 0 bridgehead atoms. The monoisotopic (exact) mass is 321 g/mol. The maximum absolute atomic E-state index is 11.8. The summed E-state index contributed by atoms with van der Waals surface area (Å²) in [6.07, 6.45) is 0. The summed E-state index contributed by atoms with van der Waals surface area (Å²) in [6.45, 7) is 0.419. The molecule has 2 N–H and O–H groups in total. The molecule has 4 nitrogen and oxygen atoms in total. The van der Waals surface area contributed by atoms with E-state index in [1.165, 1.54) is 18.2 Å². The van der Waals surface area contributed by atoms with Crippen LogP contribution in [-0.4, -0.2) is 36.1 Å². The predicted octanol–water partition coefficient (Wildman–Crippen LogP) is 2.19. The normalized spacial score (nSPS) is 12.2. The van der Waals surface area contributed by atoms with E-state index in [1.807, 2.05) is 0 Å². The summed E-state index contributed by atoms with van der Waals surface area (Å²) in [6, 6.07) is 4.20. The van der Waals surface area contributed by atoms with Crippen LogP contribution >= 0.6 is 27.5 Å². The van der Waals surface area contributed by atoms with E-state index in [-0.39, 0.29) is 22.7 Å². The number of hydrogen-bond donors (Lipinski definition) is 2. The Labute approximate surface area is 113 Å². The molecule has 0 heterocycles. The number of carbonyl (C=O) groups is 1. The second kappa shape index (κ2) is 6.83. The molecule has 1 rings (SSSR count). The van der Waals surface area contributed by atoms with E-state index in [9.17, 15) is 9.90 Å². The van der Waals surface area contributed by atoms with Crippen LogP contribution in [0.2, 0.25) is 5.02 Å². The summed E-state index contributed by atoms with van der Waals surface area (Å²) < 4.78 is 4.96. The molecule has 94 valence electrons. The number of phenolic OH excluding ortho intramolecular Hbond substituents is 1. The molecule has 0 spiro atoms. The average molecular weight is 323 g/mol. The topological polar surface area (TPSA) is 58.6 Å². The highest BCUT2D eigenvalue weighted by molar-refractivity contribution is 9.09. The highest BCUT2D eigenvalue weighted by Gasteiger charge is 2.13. The third-order valence-electron chi connectivity index (χ3n) is 2.10. The molecule has 0 saturated carbocycles. The molecule has 17 heavy (non-hydrogen) atoms. The first-order chi connectivity index (χ1) is 8.08. The molecular formula is C11H13BrClNO3. The number of halogens is 2. The third kappa shape index (κ3) is 4.18. The number of benzene rings is 1. The van der Waals surface area contributed by atoms with Gasteiger partial charge in [0.2, 0.25) is 0 Å². The SMILES string of the molecule is COCC(CBr)NC(=O)c1ccc(O)c(Cl)c1. The standard InChI is InChI=1S/C11H13BrClNO3/c1-17-6-8(5-12)14-11(16)7-2-3-10(15)9(13)4-7/h2-4,8,15H,5-6H2,1H3,(H,14,16). The van der Waals surface area contributed by atoms with Crippen molar-refractivity contribution < 1.29 is 14.6 Å². The van der Waals surface area contributed by atoms with Gasteiger partial charge in [0, 0.05) is 18.0 Å². The number of rotatable bonds is 5. The van der Waals surface area contributed by atoms with Crippen LogP contribution in [0.3, 0.4) is 0 Å². The van der Waals surface area contributed by atoms with Crippen molar-refractivity contribution >= 4 is 33.4 Å². The lowest BCUT2D eigenvalue weighted by Gasteiger charge is -2.15. The number of nitrogens with one attached hydrogen (secondary N) is 1. The van der Waals surface area contributed by atoms with Crippen molar-refractivity contribution in [2.45, 2.75) is 6.04 Å². The fraction of sp³-hybridized carbons (Fsp3) is 0.364. The Hall–Kier alpha value is -0.780. The quantitative estimate of drug-likeness (QED) is 0.817. The summed E-state index contributed by atoms with van der Waals surface area (Å²) >= 11 is 9.01. The van der Waals surface area contributed by atoms with E-state index in [1.54, 1.807) is 7.11 Å². The van der Waals surface area contributed by atoms with Crippen LogP contribution in [0.25, 0.3) is 0 Å². The van der Waals surface area contributed by atoms with Crippen molar-refractivity contribution in [3.8, 4) is 5.75 Å². The fourth-order valence-electron chi connectivity index (χ4n) is 1.24. The van der Waals surface area contributed by atoms with Crippen LogP contribution < -0.4 is 5.32 Å². The number of alkyl halides is 1. The van der Waals surface area contributed by atoms with Gasteiger partial charge >= 0.3 is 0 Å². The van der Waals surface area contributed by atoms with Crippen molar-refractivity contribution in [2.75, 3.05) is 19.0 Å². The summed E-state index contributed by atoms with van der Waals surface area (Å²) in [5, 5.41) is 12.8. The first-order valence-electron chi connectivity index (χ1n) is 4.92. The maximum atomic E-state index is 11.8. The van der Waals surface area contributed by atoms with Gasteiger partial charge in [-0.25, -0.2) is 0 Å². The van der Waals surface area contributed by atoms with Crippen LogP contribution in [0.5, 0.6) is 5.75 Å². The molecule has 1 unspecified atom stereocenters. The van der Waals surface area contributed by atoms with E-state index in [2.05, 4.69) is 21.2 Å². The minimum atomic E-state index is -0.256. The Morgan fingerprint density at radius 1 is 1.65 bits per heavy atom. The number of hydrogen-bond acceptors (Lipinski definition) is 3. The minimum absolute atomic E-state index is 0.0443. The van der Waals surface area contributed by atoms with Gasteiger partial charge in [-0.2, -0.15) is 0 Å². The molecule has 1 aromatic rings. The maximum Gasteiger partial charge on any atom is 0.251 e. The molecule has 1 aromatic carbocycles. The third-order valence-corrected chi connectivity index (χ3v) is 3.18. The fourth-order valence-corrected chi connectivity index (χ4v) is 1.77. The van der Waals surface area contributed by atoms with E-state index in [4.69, 9.17) is 16.3 Å². The highest BCUT2D eigenvalue weighted by atomic mass is 79.9. The van der Waals surface area contributed by atoms with E-state index >= 15 is 0 Å². The number of carbonyl (C=O) groups excluding carboxylic acids is 1. The first kappa shape index (κ1) is 14.3. The summed E-state index contributed by atoms with van der Waals surface area (Å²) in [4.78, 5) is 11.8. The predicted molar refractivity (Wildman–Crippen MR) is 70.0 cm³/mol. The van der Waals surface area contributed by atoms with Crippen LogP contribution in [0.15, 0.2) is 18.2 Å². The summed E-state index contributed by atoms with van der Waals surface area (Å²) in [5.41, 5.74) is 0.398. The van der Waals surface area contributed by atoms with E-state index < -0.39 is 0 Å². The van der Waals surface area contributed by atoms with Gasteiger partial charge in [-0.1, -0.05) is 27.5 Å². The molecule has 0 aromatic heterocycles. The zero-order valence-electron chi connectivity index (χ0n) is 9.24. The van der Waals surface area contributed by atoms with Crippen LogP contribution in [0.4, 0.5) is 0 Å². The molecule has 0 aliphatic heterocycles. The molecule has 0 saturated heterocycles. The molecular weight excluding hydrogens is 309 g/mol. The Kier molecular flexibility index (Phi) is 5.74. The summed E-state index contributed by atoms with van der Waals surface area (Å²) in [7, 11) is 1.57. The average Bonchev–Trinajstić information content (AvgIpc) is 2.31. The van der Waals surface area contributed by atoms with Crippen molar-refractivity contribution in [3.63, 3.8) is 0 Å². The molecule has 0 fully saturated rings. The van der Waals surface area contributed by atoms with Gasteiger partial charge < -0.3 is 15.2 Å².